The summed E-state index contributed by atoms with van der Waals surface area (Å²) in [5, 5.41) is 10.3. The first-order valence-electron chi connectivity index (χ1n) is 5.58. The van der Waals surface area contributed by atoms with Crippen LogP contribution >= 0.6 is 0 Å². The van der Waals surface area contributed by atoms with Crippen molar-refractivity contribution in [1.82, 2.24) is 9.97 Å². The third-order valence-electron chi connectivity index (χ3n) is 2.97. The van der Waals surface area contributed by atoms with Crippen molar-refractivity contribution in [3.63, 3.8) is 0 Å². The number of likely N-dealkylation sites (N-methyl/N-ethyl adjacent to an activating group) is 1. The predicted molar refractivity (Wildman–Crippen MR) is 60.3 cm³/mol. The molecule has 94 valence electrons. The first-order valence-corrected chi connectivity index (χ1v) is 5.58. The summed E-state index contributed by atoms with van der Waals surface area (Å²) in [5.74, 6) is -0.0989. The average Bonchev–Trinajstić information content (AvgIpc) is 2.29. The first kappa shape index (κ1) is 12.2. The molecule has 1 N–H and O–H groups in total. The average molecular weight is 241 g/mol. The van der Waals surface area contributed by atoms with E-state index in [0.29, 0.717) is 38.4 Å². The topological polar surface area (TPSA) is 58.5 Å². The summed E-state index contributed by atoms with van der Waals surface area (Å²) in [4.78, 5) is 9.10. The summed E-state index contributed by atoms with van der Waals surface area (Å²) >= 11 is 0. The third-order valence-corrected chi connectivity index (χ3v) is 2.97. The minimum absolute atomic E-state index is 0.410. The Kier molecular flexibility index (Phi) is 3.54. The van der Waals surface area contributed by atoms with Crippen LogP contribution in [-0.4, -0.2) is 47.5 Å². The van der Waals surface area contributed by atoms with Gasteiger partial charge in [0, 0.05) is 45.7 Å². The molecule has 0 aliphatic carbocycles. The molecule has 6 heteroatoms. The van der Waals surface area contributed by atoms with Gasteiger partial charge in [0.1, 0.15) is 12.1 Å². The van der Waals surface area contributed by atoms with Gasteiger partial charge in [0.2, 0.25) is 5.95 Å². The molecule has 0 spiro atoms. The van der Waals surface area contributed by atoms with Gasteiger partial charge in [0.05, 0.1) is 5.60 Å². The van der Waals surface area contributed by atoms with Gasteiger partial charge < -0.3 is 14.7 Å². The Balaban J connectivity index is 2.03. The van der Waals surface area contributed by atoms with Crippen LogP contribution in [0.3, 0.4) is 0 Å². The van der Waals surface area contributed by atoms with E-state index in [1.807, 2.05) is 0 Å². The normalized spacial score (nSPS) is 19.0. The number of hydrogen-bond donors (Lipinski definition) is 1. The lowest BCUT2D eigenvalue weighted by atomic mass is 9.94. The zero-order valence-electron chi connectivity index (χ0n) is 9.77. The van der Waals surface area contributed by atoms with Gasteiger partial charge in [-0.15, -0.1) is 0 Å². The van der Waals surface area contributed by atoms with Crippen molar-refractivity contribution < 1.29 is 14.2 Å². The molecule has 0 amide bonds. The number of halogens is 1. The van der Waals surface area contributed by atoms with Crippen LogP contribution in [0.4, 0.5) is 10.2 Å². The van der Waals surface area contributed by atoms with E-state index < -0.39 is 11.5 Å². The number of ether oxygens (including phenoxy) is 1. The van der Waals surface area contributed by atoms with Crippen molar-refractivity contribution in [2.45, 2.75) is 18.4 Å². The van der Waals surface area contributed by atoms with Crippen LogP contribution in [0, 0.1) is 5.95 Å². The largest absolute Gasteiger partial charge is 0.388 e. The maximum Gasteiger partial charge on any atom is 0.218 e. The van der Waals surface area contributed by atoms with Gasteiger partial charge in [-0.1, -0.05) is 0 Å². The monoisotopic (exact) mass is 241 g/mol. The van der Waals surface area contributed by atoms with Crippen molar-refractivity contribution in [2.75, 3.05) is 31.7 Å². The quantitative estimate of drug-likeness (QED) is 0.785. The number of nitrogens with zero attached hydrogens (tertiary/aromatic N) is 3. The van der Waals surface area contributed by atoms with Gasteiger partial charge in [-0.2, -0.15) is 4.39 Å². The van der Waals surface area contributed by atoms with Crippen LogP contribution < -0.4 is 4.90 Å². The minimum Gasteiger partial charge on any atom is -0.388 e. The molecule has 2 rings (SSSR count). The number of aromatic nitrogens is 2. The van der Waals surface area contributed by atoms with E-state index in [-0.39, 0.29) is 0 Å². The number of aliphatic hydroxyl groups is 1. The molecule has 1 saturated heterocycles. The van der Waals surface area contributed by atoms with Crippen LogP contribution in [0.5, 0.6) is 0 Å². The van der Waals surface area contributed by atoms with Gasteiger partial charge in [0.25, 0.3) is 0 Å². The van der Waals surface area contributed by atoms with Gasteiger partial charge in [0.15, 0.2) is 0 Å². The summed E-state index contributed by atoms with van der Waals surface area (Å²) in [7, 11) is 1.77. The smallest absolute Gasteiger partial charge is 0.218 e. The summed E-state index contributed by atoms with van der Waals surface area (Å²) in [6.45, 7) is 1.53. The van der Waals surface area contributed by atoms with Crippen molar-refractivity contribution in [2.24, 2.45) is 0 Å². The molecule has 5 nitrogen and oxygen atoms in total. The van der Waals surface area contributed by atoms with Gasteiger partial charge in [-0.25, -0.2) is 9.97 Å². The number of rotatable bonds is 3. The Labute approximate surface area is 99.3 Å². The standard InChI is InChI=1S/C11H16FN3O2/c1-15(10-6-9(12)13-8-14-10)7-11(16)2-4-17-5-3-11/h6,8,16H,2-5,7H2,1H3. The molecular weight excluding hydrogens is 225 g/mol. The van der Waals surface area contributed by atoms with Gasteiger partial charge in [-0.3, -0.25) is 0 Å². The van der Waals surface area contributed by atoms with E-state index in [2.05, 4.69) is 9.97 Å². The molecule has 0 aromatic carbocycles. The van der Waals surface area contributed by atoms with E-state index >= 15 is 0 Å². The fraction of sp³-hybridized carbons (Fsp3) is 0.636. The molecule has 1 aromatic rings. The van der Waals surface area contributed by atoms with Crippen molar-refractivity contribution in [1.29, 1.82) is 0 Å². The summed E-state index contributed by atoms with van der Waals surface area (Å²) in [6, 6.07) is 1.25. The molecule has 0 radical (unpaired) electrons. The molecule has 0 saturated carbocycles. The number of anilines is 1. The highest BCUT2D eigenvalue weighted by Crippen LogP contribution is 2.23. The Morgan fingerprint density at radius 2 is 2.18 bits per heavy atom. The molecule has 1 aliphatic heterocycles. The molecule has 17 heavy (non-hydrogen) atoms. The molecule has 0 atom stereocenters. The molecule has 2 heterocycles. The molecule has 0 unspecified atom stereocenters. The van der Waals surface area contributed by atoms with Gasteiger partial charge >= 0.3 is 0 Å². The van der Waals surface area contributed by atoms with Gasteiger partial charge in [-0.05, 0) is 0 Å². The zero-order valence-corrected chi connectivity index (χ0v) is 9.77. The maximum atomic E-state index is 12.9. The van der Waals surface area contributed by atoms with Crippen molar-refractivity contribution in [3.8, 4) is 0 Å². The Bertz CT molecular complexity index is 383. The number of hydrogen-bond acceptors (Lipinski definition) is 5. The van der Waals surface area contributed by atoms with Crippen LogP contribution in [0.1, 0.15) is 12.8 Å². The van der Waals surface area contributed by atoms with E-state index in [9.17, 15) is 9.50 Å². The zero-order chi connectivity index (χ0) is 12.3. The van der Waals surface area contributed by atoms with Crippen LogP contribution in [0.15, 0.2) is 12.4 Å². The lowest BCUT2D eigenvalue weighted by molar-refractivity contribution is -0.0573. The Hall–Kier alpha value is -1.27. The summed E-state index contributed by atoms with van der Waals surface area (Å²) in [5.41, 5.74) is -0.783. The molecule has 1 aromatic heterocycles. The molecular formula is C11H16FN3O2. The highest BCUT2D eigenvalue weighted by molar-refractivity contribution is 5.36. The van der Waals surface area contributed by atoms with E-state index in [1.165, 1.54) is 12.4 Å². The van der Waals surface area contributed by atoms with Crippen LogP contribution in [0.25, 0.3) is 0 Å². The van der Waals surface area contributed by atoms with E-state index in [1.54, 1.807) is 11.9 Å². The summed E-state index contributed by atoms with van der Waals surface area (Å²) in [6.07, 6.45) is 2.35. The molecule has 0 bridgehead atoms. The fourth-order valence-electron chi connectivity index (χ4n) is 1.96. The Morgan fingerprint density at radius 3 is 2.82 bits per heavy atom. The summed E-state index contributed by atoms with van der Waals surface area (Å²) < 4.78 is 18.1. The highest BCUT2D eigenvalue weighted by atomic mass is 19.1. The fourth-order valence-corrected chi connectivity index (χ4v) is 1.96. The van der Waals surface area contributed by atoms with Crippen molar-refractivity contribution in [3.05, 3.63) is 18.3 Å². The maximum absolute atomic E-state index is 12.9. The van der Waals surface area contributed by atoms with Crippen LogP contribution in [0.2, 0.25) is 0 Å². The molecule has 1 fully saturated rings. The van der Waals surface area contributed by atoms with Crippen LogP contribution in [-0.2, 0) is 4.74 Å². The lowest BCUT2D eigenvalue weighted by Gasteiger charge is -2.35. The second-order valence-electron chi connectivity index (χ2n) is 4.39. The Morgan fingerprint density at radius 1 is 1.47 bits per heavy atom. The van der Waals surface area contributed by atoms with Crippen molar-refractivity contribution >= 4 is 5.82 Å². The first-order chi connectivity index (χ1) is 8.09. The highest BCUT2D eigenvalue weighted by Gasteiger charge is 2.31. The predicted octanol–water partition coefficient (Wildman–Crippen LogP) is 0.593. The SMILES string of the molecule is CN(CC1(O)CCOCC1)c1cc(F)ncn1. The second-order valence-corrected chi connectivity index (χ2v) is 4.39. The van der Waals surface area contributed by atoms with E-state index in [4.69, 9.17) is 4.74 Å². The molecule has 1 aliphatic rings. The third kappa shape index (κ3) is 3.10. The minimum atomic E-state index is -0.783. The van der Waals surface area contributed by atoms with E-state index in [0.717, 1.165) is 0 Å². The second kappa shape index (κ2) is 4.93. The lowest BCUT2D eigenvalue weighted by Crippen LogP contribution is -2.46.